The second-order valence-corrected chi connectivity index (χ2v) is 5.37. The van der Waals surface area contributed by atoms with Crippen LogP contribution in [0.2, 0.25) is 0 Å². The summed E-state index contributed by atoms with van der Waals surface area (Å²) in [7, 11) is -21.6. The maximum Gasteiger partial charge on any atom is 4.00 e. The fourth-order valence-electron chi connectivity index (χ4n) is 0. The molecule has 0 unspecified atom stereocenters. The van der Waals surface area contributed by atoms with Gasteiger partial charge in [-0.2, -0.15) is 31.3 Å². The van der Waals surface area contributed by atoms with E-state index in [4.69, 9.17) is 77.0 Å². The van der Waals surface area contributed by atoms with Crippen molar-refractivity contribution in [3.8, 4) is 0 Å². The molecule has 17 nitrogen and oxygen atoms in total. The Morgan fingerprint density at radius 2 is 0.333 bits per heavy atom. The normalized spacial score (nSPS) is 9.83. The fraction of sp³-hybridized carbons (Fsp3) is 0. The van der Waals surface area contributed by atoms with Gasteiger partial charge in [0.05, 0.1) is 0 Å². The molecule has 0 saturated carbocycles. The zero-order valence-electron chi connectivity index (χ0n) is 10.3. The smallest absolute Gasteiger partial charge is 0.822 e. The first kappa shape index (κ1) is 50.3. The largest absolute Gasteiger partial charge is 4.00 e. The molecule has 0 aromatic carbocycles. The van der Waals surface area contributed by atoms with Gasteiger partial charge in [-0.15, -0.1) is 0 Å². The third-order valence-corrected chi connectivity index (χ3v) is 0. The SMILES string of the molecule is N.O=P([O-])([O-])[O-].O=P([O-])([O-])[O-].O=P([O-])([O-])[O-].O=P([O-])([O-])[O-].[Mo+4].[Mo+4].[Mo+4]. The molecule has 0 fully saturated rings. The van der Waals surface area contributed by atoms with E-state index in [9.17, 15) is 0 Å². The van der Waals surface area contributed by atoms with E-state index in [1.54, 1.807) is 0 Å². The molecule has 142 valence electrons. The molecule has 0 rings (SSSR count). The molecule has 0 aromatic rings. The van der Waals surface area contributed by atoms with Crippen LogP contribution in [-0.2, 0) is 81.5 Å². The molecule has 0 aliphatic heterocycles. The summed E-state index contributed by atoms with van der Waals surface area (Å²) in [4.78, 5) is 103. The van der Waals surface area contributed by atoms with Crippen LogP contribution in [0, 0.1) is 0 Å². The first-order valence-corrected chi connectivity index (χ1v) is 8.76. The average molecular weight is 685 g/mol. The van der Waals surface area contributed by atoms with E-state index in [0.717, 1.165) is 0 Å². The van der Waals surface area contributed by atoms with Crippen LogP contribution in [0.15, 0.2) is 0 Å². The van der Waals surface area contributed by atoms with E-state index in [1.807, 2.05) is 0 Å². The predicted octanol–water partition coefficient (Wildman–Crippen LogP) is -11.1. The van der Waals surface area contributed by atoms with Crippen LogP contribution in [0.25, 0.3) is 0 Å². The summed E-state index contributed by atoms with van der Waals surface area (Å²) in [5, 5.41) is 0. The van der Waals surface area contributed by atoms with Crippen molar-refractivity contribution in [1.29, 1.82) is 0 Å². The van der Waals surface area contributed by atoms with Crippen molar-refractivity contribution in [2.45, 2.75) is 0 Å². The van der Waals surface area contributed by atoms with Gasteiger partial charge in [0.2, 0.25) is 0 Å². The summed E-state index contributed by atoms with van der Waals surface area (Å²) >= 11 is 0. The number of phosphoric acid groups is 4. The molecule has 0 aromatic heterocycles. The second-order valence-electron chi connectivity index (χ2n) is 1.79. The van der Waals surface area contributed by atoms with Gasteiger partial charge in [0.25, 0.3) is 0 Å². The molecule has 0 spiro atoms. The van der Waals surface area contributed by atoms with Gasteiger partial charge in [-0.25, -0.2) is 0 Å². The molecule has 0 amide bonds. The summed E-state index contributed by atoms with van der Waals surface area (Å²) in [5.41, 5.74) is 0. The number of hydrogen-bond donors (Lipinski definition) is 1. The van der Waals surface area contributed by atoms with Crippen molar-refractivity contribution in [2.24, 2.45) is 0 Å². The van der Waals surface area contributed by atoms with E-state index in [0.29, 0.717) is 0 Å². The van der Waals surface area contributed by atoms with Crippen molar-refractivity contribution in [3.05, 3.63) is 0 Å². The minimum absolute atomic E-state index is 0. The van der Waals surface area contributed by atoms with Gasteiger partial charge in [-0.05, 0) is 0 Å². The average Bonchev–Trinajstić information content (AvgIpc) is 1.62. The van der Waals surface area contributed by atoms with E-state index >= 15 is 0 Å². The van der Waals surface area contributed by atoms with Gasteiger partial charge in [-0.1, -0.05) is 0 Å². The monoisotopic (exact) mass is 691 g/mol. The molecule has 0 saturated heterocycles. The number of rotatable bonds is 0. The van der Waals surface area contributed by atoms with Gasteiger partial charge >= 0.3 is 63.2 Å². The van der Waals surface area contributed by atoms with Crippen LogP contribution in [0.5, 0.6) is 0 Å². The van der Waals surface area contributed by atoms with Gasteiger partial charge in [0.1, 0.15) is 0 Å². The van der Waals surface area contributed by atoms with Crippen molar-refractivity contribution in [3.63, 3.8) is 0 Å². The van der Waals surface area contributed by atoms with Gasteiger partial charge < -0.3 is 83.1 Å². The Morgan fingerprint density at radius 1 is 0.333 bits per heavy atom. The summed E-state index contributed by atoms with van der Waals surface area (Å²) in [6.07, 6.45) is 0. The van der Waals surface area contributed by atoms with Crippen molar-refractivity contribution < 1.29 is 140 Å². The fourth-order valence-corrected chi connectivity index (χ4v) is 0. The Hall–Kier alpha value is 2.46. The quantitative estimate of drug-likeness (QED) is 0.183. The van der Waals surface area contributed by atoms with E-state index in [2.05, 4.69) is 0 Å². The van der Waals surface area contributed by atoms with Crippen LogP contribution in [-0.4, -0.2) is 0 Å². The Bertz CT molecular complexity index is 298. The van der Waals surface area contributed by atoms with E-state index < -0.39 is 31.3 Å². The minimum atomic E-state index is -5.39. The molecule has 3 N–H and O–H groups in total. The maximum absolute atomic E-state index is 8.55. The number of hydrogen-bond acceptors (Lipinski definition) is 17. The molecular formula is H3Mo3NO16P4. The zero-order valence-corrected chi connectivity index (χ0v) is 19.9. The summed E-state index contributed by atoms with van der Waals surface area (Å²) < 4.78 is 34.2. The molecule has 24 heavy (non-hydrogen) atoms. The molecule has 0 heterocycles. The minimum Gasteiger partial charge on any atom is -0.822 e. The molecule has 0 aliphatic carbocycles. The van der Waals surface area contributed by atoms with E-state index in [1.165, 1.54) is 0 Å². The first-order valence-electron chi connectivity index (χ1n) is 2.92. The van der Waals surface area contributed by atoms with Crippen LogP contribution < -0.4 is 64.9 Å². The molecule has 0 radical (unpaired) electrons. The Kier molecular flexibility index (Phi) is 45.6. The van der Waals surface area contributed by atoms with Crippen LogP contribution in [0.3, 0.4) is 0 Å². The van der Waals surface area contributed by atoms with Crippen molar-refractivity contribution in [2.75, 3.05) is 0 Å². The topological polar surface area (TPSA) is 380 Å². The van der Waals surface area contributed by atoms with Crippen molar-refractivity contribution >= 4 is 31.3 Å². The van der Waals surface area contributed by atoms with Crippen LogP contribution in [0.4, 0.5) is 0 Å². The molecule has 0 aliphatic rings. The summed E-state index contributed by atoms with van der Waals surface area (Å²) in [6.45, 7) is 0. The third kappa shape index (κ3) is 2220. The standard InChI is InChI=1S/3Mo.H3N.4H3O4P/c;;;;4*1-5(2,3)4/h;;;1H3;4*(H3,1,2,3,4)/q3*+4;;;;;/p-12. The van der Waals surface area contributed by atoms with Gasteiger partial charge in [0.15, 0.2) is 0 Å². The summed E-state index contributed by atoms with van der Waals surface area (Å²) in [6, 6.07) is 0. The third-order valence-electron chi connectivity index (χ3n) is 0. The Morgan fingerprint density at radius 3 is 0.333 bits per heavy atom. The zero-order chi connectivity index (χ0) is 18.0. The van der Waals surface area contributed by atoms with Gasteiger partial charge in [-0.3, -0.25) is 0 Å². The first-order chi connectivity index (χ1) is 8.00. The van der Waals surface area contributed by atoms with E-state index in [-0.39, 0.29) is 69.3 Å². The molecule has 0 bridgehead atoms. The Labute approximate surface area is 176 Å². The van der Waals surface area contributed by atoms with Crippen LogP contribution >= 0.6 is 31.3 Å². The summed E-state index contributed by atoms with van der Waals surface area (Å²) in [5.74, 6) is 0. The van der Waals surface area contributed by atoms with Crippen LogP contribution in [0.1, 0.15) is 0 Å². The predicted molar refractivity (Wildman–Crippen MR) is 35.4 cm³/mol. The van der Waals surface area contributed by atoms with Crippen molar-refractivity contribution in [1.82, 2.24) is 6.15 Å². The second kappa shape index (κ2) is 21.8. The maximum atomic E-state index is 8.55. The van der Waals surface area contributed by atoms with Gasteiger partial charge in [0, 0.05) is 0 Å². The Balaban J connectivity index is -0.0000000225. The molecule has 0 atom stereocenters. The molecular weight excluding hydrogens is 682 g/mol. The molecule has 24 heteroatoms.